The molecule has 1 atom stereocenters. The highest BCUT2D eigenvalue weighted by Crippen LogP contribution is 2.28. The summed E-state index contributed by atoms with van der Waals surface area (Å²) in [4.78, 5) is 23.2. The number of anilines is 1. The van der Waals surface area contributed by atoms with Gasteiger partial charge in [0.25, 0.3) is 0 Å². The molecule has 0 spiro atoms. The van der Waals surface area contributed by atoms with E-state index in [2.05, 4.69) is 5.32 Å². The number of carboxylic acid groups (broad SMARTS) is 1. The van der Waals surface area contributed by atoms with E-state index in [1.807, 2.05) is 25.1 Å². The van der Waals surface area contributed by atoms with Crippen LogP contribution in [0.3, 0.4) is 0 Å². The summed E-state index contributed by atoms with van der Waals surface area (Å²) in [5, 5.41) is 11.7. The third-order valence-electron chi connectivity index (χ3n) is 3.84. The van der Waals surface area contributed by atoms with Gasteiger partial charge >= 0.3 is 5.97 Å². The van der Waals surface area contributed by atoms with Gasteiger partial charge in [0, 0.05) is 11.6 Å². The van der Waals surface area contributed by atoms with Gasteiger partial charge in [-0.3, -0.25) is 4.79 Å². The highest BCUT2D eigenvalue weighted by molar-refractivity contribution is 5.93. The van der Waals surface area contributed by atoms with Crippen LogP contribution in [0, 0.1) is 5.92 Å². The zero-order valence-corrected chi connectivity index (χ0v) is 14.4. The Labute approximate surface area is 146 Å². The molecule has 6 heteroatoms. The second-order valence-corrected chi connectivity index (χ2v) is 5.67. The average molecular weight is 343 g/mol. The number of hydrogen-bond acceptors (Lipinski definition) is 4. The molecule has 0 fully saturated rings. The van der Waals surface area contributed by atoms with E-state index in [-0.39, 0.29) is 17.4 Å². The number of rotatable bonds is 7. The Morgan fingerprint density at radius 2 is 1.68 bits per heavy atom. The molecule has 0 saturated heterocycles. The zero-order chi connectivity index (χ0) is 18.4. The molecule has 6 nitrogen and oxygen atoms in total. The molecular weight excluding hydrogens is 322 g/mol. The number of carboxylic acids is 1. The van der Waals surface area contributed by atoms with Gasteiger partial charge in [-0.25, -0.2) is 4.79 Å². The van der Waals surface area contributed by atoms with E-state index in [1.165, 1.54) is 12.1 Å². The monoisotopic (exact) mass is 343 g/mol. The topological polar surface area (TPSA) is 84.9 Å². The number of aromatic carboxylic acids is 1. The smallest absolute Gasteiger partial charge is 0.335 e. The Balaban J connectivity index is 2.01. The van der Waals surface area contributed by atoms with Crippen molar-refractivity contribution in [3.05, 3.63) is 53.6 Å². The molecule has 2 rings (SSSR count). The lowest BCUT2D eigenvalue weighted by molar-refractivity contribution is -0.119. The maximum Gasteiger partial charge on any atom is 0.335 e. The molecule has 2 aromatic rings. The van der Waals surface area contributed by atoms with E-state index in [1.54, 1.807) is 26.4 Å². The molecule has 25 heavy (non-hydrogen) atoms. The summed E-state index contributed by atoms with van der Waals surface area (Å²) in [6.07, 6.45) is 0.541. The fourth-order valence-electron chi connectivity index (χ4n) is 2.42. The van der Waals surface area contributed by atoms with Crippen LogP contribution >= 0.6 is 0 Å². The molecule has 1 amide bonds. The summed E-state index contributed by atoms with van der Waals surface area (Å²) in [6, 6.07) is 11.6. The zero-order valence-electron chi connectivity index (χ0n) is 14.4. The first-order valence-corrected chi connectivity index (χ1v) is 7.79. The lowest BCUT2D eigenvalue weighted by Crippen LogP contribution is -2.22. The molecule has 0 aromatic heterocycles. The van der Waals surface area contributed by atoms with Crippen molar-refractivity contribution in [1.82, 2.24) is 0 Å². The van der Waals surface area contributed by atoms with Crippen LogP contribution in [0.4, 0.5) is 5.69 Å². The molecular formula is C19H21NO5. The Bertz CT molecular complexity index is 755. The van der Waals surface area contributed by atoms with Crippen molar-refractivity contribution in [2.75, 3.05) is 19.5 Å². The van der Waals surface area contributed by atoms with Crippen molar-refractivity contribution in [1.29, 1.82) is 0 Å². The SMILES string of the molecule is COc1ccc(CC(C)C(=O)Nc2ccc(C(=O)O)cc2)cc1OC. The van der Waals surface area contributed by atoms with Gasteiger partial charge in [-0.1, -0.05) is 13.0 Å². The number of methoxy groups -OCH3 is 2. The van der Waals surface area contributed by atoms with Crippen LogP contribution in [-0.2, 0) is 11.2 Å². The van der Waals surface area contributed by atoms with Crippen molar-refractivity contribution in [3.8, 4) is 11.5 Å². The van der Waals surface area contributed by atoms with Gasteiger partial charge in [0.1, 0.15) is 0 Å². The number of benzene rings is 2. The molecule has 0 heterocycles. The predicted octanol–water partition coefficient (Wildman–Crippen LogP) is 3.22. The third kappa shape index (κ3) is 4.73. The van der Waals surface area contributed by atoms with Gasteiger partial charge in [0.05, 0.1) is 19.8 Å². The second-order valence-electron chi connectivity index (χ2n) is 5.67. The first kappa shape index (κ1) is 18.3. The van der Waals surface area contributed by atoms with Crippen molar-refractivity contribution in [3.63, 3.8) is 0 Å². The quantitative estimate of drug-likeness (QED) is 0.806. The van der Waals surface area contributed by atoms with E-state index in [0.717, 1.165) is 5.56 Å². The molecule has 1 unspecified atom stereocenters. The summed E-state index contributed by atoms with van der Waals surface area (Å²) in [5.41, 5.74) is 1.70. The molecule has 0 aliphatic carbocycles. The van der Waals surface area contributed by atoms with Gasteiger partial charge in [0.2, 0.25) is 5.91 Å². The second kappa shape index (κ2) is 8.19. The van der Waals surface area contributed by atoms with Crippen molar-refractivity contribution >= 4 is 17.6 Å². The number of amides is 1. The molecule has 2 aromatic carbocycles. The van der Waals surface area contributed by atoms with E-state index in [9.17, 15) is 9.59 Å². The number of ether oxygens (including phenoxy) is 2. The minimum absolute atomic E-state index is 0.141. The fraction of sp³-hybridized carbons (Fsp3) is 0.263. The molecule has 0 radical (unpaired) electrons. The standard InChI is InChI=1S/C19H21NO5/c1-12(10-13-4-9-16(24-2)17(11-13)25-3)18(21)20-15-7-5-14(6-8-15)19(22)23/h4-9,11-12H,10H2,1-3H3,(H,20,21)(H,22,23). The van der Waals surface area contributed by atoms with Gasteiger partial charge in [-0.2, -0.15) is 0 Å². The Morgan fingerprint density at radius 3 is 2.24 bits per heavy atom. The minimum Gasteiger partial charge on any atom is -0.493 e. The summed E-state index contributed by atoms with van der Waals surface area (Å²) in [7, 11) is 3.14. The van der Waals surface area contributed by atoms with Crippen LogP contribution in [-0.4, -0.2) is 31.2 Å². The van der Waals surface area contributed by atoms with E-state index in [0.29, 0.717) is 23.6 Å². The summed E-state index contributed by atoms with van der Waals surface area (Å²) >= 11 is 0. The van der Waals surface area contributed by atoms with Crippen LogP contribution in [0.15, 0.2) is 42.5 Å². The van der Waals surface area contributed by atoms with E-state index < -0.39 is 5.97 Å². The maximum absolute atomic E-state index is 12.3. The summed E-state index contributed by atoms with van der Waals surface area (Å²) < 4.78 is 10.5. The van der Waals surface area contributed by atoms with Gasteiger partial charge < -0.3 is 19.9 Å². The average Bonchev–Trinajstić information content (AvgIpc) is 2.61. The van der Waals surface area contributed by atoms with Crippen LogP contribution in [0.5, 0.6) is 11.5 Å². The summed E-state index contributed by atoms with van der Waals surface area (Å²) in [5.74, 6) is -0.145. The third-order valence-corrected chi connectivity index (χ3v) is 3.84. The Kier molecular flexibility index (Phi) is 6.00. The predicted molar refractivity (Wildman–Crippen MR) is 94.4 cm³/mol. The number of carbonyl (C=O) groups is 2. The highest BCUT2D eigenvalue weighted by Gasteiger charge is 2.15. The van der Waals surface area contributed by atoms with E-state index in [4.69, 9.17) is 14.6 Å². The van der Waals surface area contributed by atoms with Crippen molar-refractivity contribution in [2.45, 2.75) is 13.3 Å². The lowest BCUT2D eigenvalue weighted by Gasteiger charge is -2.14. The molecule has 0 saturated carbocycles. The number of nitrogens with one attached hydrogen (secondary N) is 1. The maximum atomic E-state index is 12.3. The molecule has 0 bridgehead atoms. The minimum atomic E-state index is -1.00. The lowest BCUT2D eigenvalue weighted by atomic mass is 10.00. The Hall–Kier alpha value is -3.02. The van der Waals surface area contributed by atoms with Gasteiger partial charge in [0.15, 0.2) is 11.5 Å². The molecule has 0 aliphatic heterocycles. The van der Waals surface area contributed by atoms with Crippen LogP contribution in [0.25, 0.3) is 0 Å². The Morgan fingerprint density at radius 1 is 1.04 bits per heavy atom. The molecule has 2 N–H and O–H groups in total. The van der Waals surface area contributed by atoms with Crippen LogP contribution in [0.1, 0.15) is 22.8 Å². The van der Waals surface area contributed by atoms with Gasteiger partial charge in [-0.15, -0.1) is 0 Å². The normalized spacial score (nSPS) is 11.5. The largest absolute Gasteiger partial charge is 0.493 e. The summed E-state index contributed by atoms with van der Waals surface area (Å²) in [6.45, 7) is 1.83. The van der Waals surface area contributed by atoms with E-state index >= 15 is 0 Å². The first-order chi connectivity index (χ1) is 11.9. The number of carbonyl (C=O) groups excluding carboxylic acids is 1. The van der Waals surface area contributed by atoms with Gasteiger partial charge in [-0.05, 0) is 48.4 Å². The molecule has 0 aliphatic rings. The fourth-order valence-corrected chi connectivity index (χ4v) is 2.42. The van der Waals surface area contributed by atoms with Crippen LogP contribution in [0.2, 0.25) is 0 Å². The van der Waals surface area contributed by atoms with Crippen molar-refractivity contribution in [2.24, 2.45) is 5.92 Å². The number of hydrogen-bond donors (Lipinski definition) is 2. The molecule has 132 valence electrons. The van der Waals surface area contributed by atoms with Crippen LogP contribution < -0.4 is 14.8 Å². The van der Waals surface area contributed by atoms with Crippen molar-refractivity contribution < 1.29 is 24.2 Å². The first-order valence-electron chi connectivity index (χ1n) is 7.79. The highest BCUT2D eigenvalue weighted by atomic mass is 16.5.